The predicted octanol–water partition coefficient (Wildman–Crippen LogP) is 5.12. The maximum absolute atomic E-state index is 13.6. The number of nitrogens with one attached hydrogen (secondary N) is 1. The van der Waals surface area contributed by atoms with Crippen molar-refractivity contribution in [2.45, 2.75) is 84.5 Å². The lowest BCUT2D eigenvalue weighted by Crippen LogP contribution is -2.52. The zero-order chi connectivity index (χ0) is 32.0. The molecule has 3 aromatic rings. The smallest absolute Gasteiger partial charge is 0.410 e. The third kappa shape index (κ3) is 5.98. The van der Waals surface area contributed by atoms with Crippen molar-refractivity contribution in [1.82, 2.24) is 25.0 Å². The number of fused-ring (bicyclic) bond motifs is 3. The fourth-order valence-corrected chi connectivity index (χ4v) is 7.04. The summed E-state index contributed by atoms with van der Waals surface area (Å²) in [7, 11) is 0. The zero-order valence-electron chi connectivity index (χ0n) is 27.0. The summed E-state index contributed by atoms with van der Waals surface area (Å²) in [5.41, 5.74) is 2.93. The fourth-order valence-electron chi connectivity index (χ4n) is 7.04. The molecular formula is C34H42N8O3. The first-order chi connectivity index (χ1) is 21.4. The van der Waals surface area contributed by atoms with Gasteiger partial charge in [0.1, 0.15) is 11.4 Å². The standard InChI is InChI=1S/C34H42N8O3/c1-20-24(16-35)8-7-9-27(20)21(2)37-31-28-15-30(36-17-29(28)22(3)38-39-31)41-18-26-14-25(41)19-42(26)32(43)23-10-12-40(13-11-23)33(44)45-34(4,5)6/h7-9,15,17,21,23,25-26H,10-14,18-19H2,1-6H3,(H,37,39)/t21-,25?,26?/m1/s1. The van der Waals surface area contributed by atoms with Crippen molar-refractivity contribution in [2.24, 2.45) is 5.92 Å². The summed E-state index contributed by atoms with van der Waals surface area (Å²) in [6, 6.07) is 10.4. The molecular weight excluding hydrogens is 568 g/mol. The number of hydrogen-bond acceptors (Lipinski definition) is 9. The van der Waals surface area contributed by atoms with Gasteiger partial charge in [0.2, 0.25) is 5.91 Å². The Morgan fingerprint density at radius 2 is 1.84 bits per heavy atom. The largest absolute Gasteiger partial charge is 0.444 e. The van der Waals surface area contributed by atoms with E-state index in [0.717, 1.165) is 46.4 Å². The van der Waals surface area contributed by atoms with Gasteiger partial charge in [-0.15, -0.1) is 5.10 Å². The van der Waals surface area contributed by atoms with E-state index in [-0.39, 0.29) is 36.0 Å². The van der Waals surface area contributed by atoms with Crippen molar-refractivity contribution in [1.29, 1.82) is 5.26 Å². The number of benzene rings is 1. The zero-order valence-corrected chi connectivity index (χ0v) is 27.0. The molecule has 3 fully saturated rings. The van der Waals surface area contributed by atoms with E-state index >= 15 is 0 Å². The molecule has 0 spiro atoms. The average Bonchev–Trinajstić information content (AvgIpc) is 3.63. The maximum atomic E-state index is 13.6. The molecule has 6 rings (SSSR count). The van der Waals surface area contributed by atoms with E-state index in [0.29, 0.717) is 43.9 Å². The van der Waals surface area contributed by atoms with Gasteiger partial charge in [-0.05, 0) is 84.1 Å². The summed E-state index contributed by atoms with van der Waals surface area (Å²) < 4.78 is 5.52. The molecule has 2 unspecified atom stereocenters. The van der Waals surface area contributed by atoms with Gasteiger partial charge < -0.3 is 24.8 Å². The molecule has 2 bridgehead atoms. The number of pyridine rings is 1. The Labute approximate surface area is 264 Å². The highest BCUT2D eigenvalue weighted by Gasteiger charge is 2.47. The molecule has 11 nitrogen and oxygen atoms in total. The first-order valence-electron chi connectivity index (χ1n) is 15.9. The molecule has 236 valence electrons. The lowest BCUT2D eigenvalue weighted by Gasteiger charge is -2.38. The molecule has 1 aromatic carbocycles. The van der Waals surface area contributed by atoms with Gasteiger partial charge in [-0.1, -0.05) is 12.1 Å². The van der Waals surface area contributed by atoms with Gasteiger partial charge in [0, 0.05) is 49.1 Å². The van der Waals surface area contributed by atoms with Crippen LogP contribution in [0.4, 0.5) is 16.4 Å². The van der Waals surface area contributed by atoms with Crippen LogP contribution in [0.5, 0.6) is 0 Å². The van der Waals surface area contributed by atoms with Crippen molar-refractivity contribution >= 4 is 34.4 Å². The van der Waals surface area contributed by atoms with Crippen LogP contribution in [0.3, 0.4) is 0 Å². The molecule has 1 N–H and O–H groups in total. The van der Waals surface area contributed by atoms with Crippen molar-refractivity contribution in [3.8, 4) is 6.07 Å². The van der Waals surface area contributed by atoms with Crippen molar-refractivity contribution in [2.75, 3.05) is 36.4 Å². The number of aromatic nitrogens is 3. The molecule has 0 aliphatic carbocycles. The van der Waals surface area contributed by atoms with E-state index in [9.17, 15) is 14.9 Å². The Morgan fingerprint density at radius 3 is 2.51 bits per heavy atom. The Hall–Kier alpha value is -4.46. The van der Waals surface area contributed by atoms with Crippen molar-refractivity contribution in [3.63, 3.8) is 0 Å². The number of carbonyl (C=O) groups is 2. The Morgan fingerprint density at radius 1 is 1.09 bits per heavy atom. The number of hydrogen-bond donors (Lipinski definition) is 1. The molecule has 3 aliphatic rings. The monoisotopic (exact) mass is 610 g/mol. The minimum atomic E-state index is -0.530. The van der Waals surface area contributed by atoms with Crippen LogP contribution >= 0.6 is 0 Å². The topological polar surface area (TPSA) is 128 Å². The van der Waals surface area contributed by atoms with E-state index in [4.69, 9.17) is 9.72 Å². The number of piperidine rings is 1. The number of nitriles is 1. The van der Waals surface area contributed by atoms with E-state index < -0.39 is 5.60 Å². The summed E-state index contributed by atoms with van der Waals surface area (Å²) in [5, 5.41) is 23.8. The third-order valence-corrected chi connectivity index (χ3v) is 9.46. The number of aryl methyl sites for hydroxylation is 1. The van der Waals surface area contributed by atoms with Gasteiger partial charge in [-0.3, -0.25) is 4.79 Å². The molecule has 3 atom stereocenters. The molecule has 45 heavy (non-hydrogen) atoms. The van der Waals surface area contributed by atoms with Gasteiger partial charge in [-0.2, -0.15) is 10.4 Å². The maximum Gasteiger partial charge on any atom is 0.410 e. The molecule has 5 heterocycles. The quantitative estimate of drug-likeness (QED) is 0.419. The number of piperazine rings is 1. The predicted molar refractivity (Wildman–Crippen MR) is 172 cm³/mol. The highest BCUT2D eigenvalue weighted by molar-refractivity contribution is 5.94. The molecule has 2 aromatic heterocycles. The number of carbonyl (C=O) groups excluding carboxylic acids is 2. The van der Waals surface area contributed by atoms with Crippen LogP contribution in [-0.2, 0) is 9.53 Å². The van der Waals surface area contributed by atoms with E-state index in [1.54, 1.807) is 4.90 Å². The van der Waals surface area contributed by atoms with Crippen LogP contribution < -0.4 is 10.2 Å². The lowest BCUT2D eigenvalue weighted by molar-refractivity contribution is -0.138. The van der Waals surface area contributed by atoms with Crippen LogP contribution in [-0.4, -0.2) is 80.8 Å². The first-order valence-corrected chi connectivity index (χ1v) is 15.9. The van der Waals surface area contributed by atoms with E-state index in [1.165, 1.54) is 0 Å². The Balaban J connectivity index is 1.14. The van der Waals surface area contributed by atoms with E-state index in [2.05, 4.69) is 44.4 Å². The minimum Gasteiger partial charge on any atom is -0.444 e. The SMILES string of the molecule is Cc1c(C#N)cccc1[C@@H](C)Nc1nnc(C)c2cnc(N3CC4CC3CN4C(=O)C3CCN(C(=O)OC(C)(C)C)CC3)cc12. The molecule has 0 radical (unpaired) electrons. The van der Waals surface area contributed by atoms with Crippen molar-refractivity contribution < 1.29 is 14.3 Å². The second-order valence-electron chi connectivity index (χ2n) is 13.6. The minimum absolute atomic E-state index is 0.0649. The summed E-state index contributed by atoms with van der Waals surface area (Å²) >= 11 is 0. The van der Waals surface area contributed by atoms with Crippen molar-refractivity contribution in [3.05, 3.63) is 52.8 Å². The average molecular weight is 611 g/mol. The highest BCUT2D eigenvalue weighted by Crippen LogP contribution is 2.38. The number of anilines is 2. The summed E-state index contributed by atoms with van der Waals surface area (Å²) in [6.07, 6.45) is 3.82. The lowest BCUT2D eigenvalue weighted by atomic mass is 9.95. The van der Waals surface area contributed by atoms with Crippen LogP contribution in [0, 0.1) is 31.1 Å². The van der Waals surface area contributed by atoms with Crippen LogP contribution in [0.2, 0.25) is 0 Å². The second kappa shape index (κ2) is 11.8. The fraction of sp³-hybridized carbons (Fsp3) is 0.529. The summed E-state index contributed by atoms with van der Waals surface area (Å²) in [6.45, 7) is 14.1. The van der Waals surface area contributed by atoms with Gasteiger partial charge in [0.15, 0.2) is 5.82 Å². The second-order valence-corrected chi connectivity index (χ2v) is 13.6. The van der Waals surface area contributed by atoms with Gasteiger partial charge >= 0.3 is 6.09 Å². The molecule has 3 aliphatic heterocycles. The normalized spacial score (nSPS) is 20.8. The summed E-state index contributed by atoms with van der Waals surface area (Å²) in [5.74, 6) is 1.69. The van der Waals surface area contributed by atoms with E-state index in [1.807, 2.05) is 59.0 Å². The number of ether oxygens (including phenoxy) is 1. The first kappa shape index (κ1) is 30.6. The van der Waals surface area contributed by atoms with Crippen LogP contribution in [0.1, 0.15) is 75.4 Å². The van der Waals surface area contributed by atoms with Gasteiger partial charge in [0.05, 0.1) is 35.5 Å². The highest BCUT2D eigenvalue weighted by atomic mass is 16.6. The van der Waals surface area contributed by atoms with Crippen LogP contribution in [0.15, 0.2) is 30.5 Å². The number of likely N-dealkylation sites (tertiary alicyclic amines) is 2. The summed E-state index contributed by atoms with van der Waals surface area (Å²) in [4.78, 5) is 37.0. The molecule has 3 saturated heterocycles. The Bertz CT molecular complexity index is 1670. The third-order valence-electron chi connectivity index (χ3n) is 9.46. The molecule has 0 saturated carbocycles. The number of nitrogens with zero attached hydrogens (tertiary/aromatic N) is 7. The van der Waals surface area contributed by atoms with Gasteiger partial charge in [-0.25, -0.2) is 9.78 Å². The van der Waals surface area contributed by atoms with Crippen LogP contribution in [0.25, 0.3) is 10.8 Å². The number of rotatable bonds is 5. The van der Waals surface area contributed by atoms with Gasteiger partial charge in [0.25, 0.3) is 0 Å². The Kier molecular flexibility index (Phi) is 8.02. The molecule has 2 amide bonds. The molecule has 11 heteroatoms. The number of amides is 2.